The zero-order valence-electron chi connectivity index (χ0n) is 14.1. The quantitative estimate of drug-likeness (QED) is 0.712. The lowest BCUT2D eigenvalue weighted by Gasteiger charge is -2.18. The number of anilines is 1. The molecule has 0 fully saturated rings. The van der Waals surface area contributed by atoms with Crippen LogP contribution in [0, 0.1) is 6.92 Å². The first-order valence-corrected chi connectivity index (χ1v) is 8.03. The molecule has 9 heteroatoms. The fourth-order valence-electron chi connectivity index (χ4n) is 2.44. The molecule has 1 atom stereocenters. The van der Waals surface area contributed by atoms with E-state index in [2.05, 4.69) is 31.1 Å². The van der Waals surface area contributed by atoms with E-state index in [4.69, 9.17) is 0 Å². The van der Waals surface area contributed by atoms with Gasteiger partial charge in [-0.1, -0.05) is 13.0 Å². The highest BCUT2D eigenvalue weighted by atomic mass is 16.2. The number of rotatable bonds is 6. The topological polar surface area (TPSA) is 103 Å². The molecule has 0 aliphatic heterocycles. The Morgan fingerprint density at radius 3 is 2.88 bits per heavy atom. The second-order valence-corrected chi connectivity index (χ2v) is 5.72. The summed E-state index contributed by atoms with van der Waals surface area (Å²) in [5.74, 6) is 0. The molecular weight excluding hydrogens is 320 g/mol. The summed E-state index contributed by atoms with van der Waals surface area (Å²) in [6, 6.07) is 5.40. The number of hydrogen-bond donors (Lipinski definition) is 2. The Bertz CT molecular complexity index is 813. The van der Waals surface area contributed by atoms with Crippen LogP contribution in [0.25, 0.3) is 5.69 Å². The first-order chi connectivity index (χ1) is 12.2. The van der Waals surface area contributed by atoms with Crippen LogP contribution in [0.4, 0.5) is 10.5 Å². The molecule has 0 saturated carbocycles. The SMILES string of the molecule is CC[C@@H](Cn1ccnc1)NC(=O)Nc1cc(-n2cnnn2)ccc1C. The smallest absolute Gasteiger partial charge is 0.319 e. The summed E-state index contributed by atoms with van der Waals surface area (Å²) in [6.45, 7) is 4.64. The Balaban J connectivity index is 1.66. The third kappa shape index (κ3) is 4.19. The van der Waals surface area contributed by atoms with Crippen molar-refractivity contribution in [1.82, 2.24) is 35.1 Å². The molecule has 0 spiro atoms. The van der Waals surface area contributed by atoms with Crippen molar-refractivity contribution in [3.05, 3.63) is 48.8 Å². The van der Waals surface area contributed by atoms with Crippen molar-refractivity contribution in [3.63, 3.8) is 0 Å². The van der Waals surface area contributed by atoms with E-state index in [9.17, 15) is 4.79 Å². The first kappa shape index (κ1) is 16.6. The zero-order valence-corrected chi connectivity index (χ0v) is 14.1. The standard InChI is InChI=1S/C16H20N8O/c1-3-13(9-23-7-6-17-10-23)19-16(25)20-15-8-14(5-4-12(15)2)24-11-18-21-22-24/h4-8,10-11,13H,3,9H2,1-2H3,(H2,19,20,25)/t13-/m0/s1. The van der Waals surface area contributed by atoms with Gasteiger partial charge in [0.1, 0.15) is 6.33 Å². The molecule has 0 radical (unpaired) electrons. The van der Waals surface area contributed by atoms with E-state index in [-0.39, 0.29) is 12.1 Å². The fourth-order valence-corrected chi connectivity index (χ4v) is 2.44. The van der Waals surface area contributed by atoms with E-state index >= 15 is 0 Å². The Labute approximate surface area is 145 Å². The third-order valence-corrected chi connectivity index (χ3v) is 3.90. The number of amides is 2. The summed E-state index contributed by atoms with van der Waals surface area (Å²) in [4.78, 5) is 16.4. The monoisotopic (exact) mass is 340 g/mol. The number of urea groups is 1. The van der Waals surface area contributed by atoms with E-state index in [1.54, 1.807) is 12.5 Å². The number of carbonyl (C=O) groups excluding carboxylic acids is 1. The lowest BCUT2D eigenvalue weighted by atomic mass is 10.2. The molecular formula is C16H20N8O. The highest BCUT2D eigenvalue weighted by Gasteiger charge is 2.12. The van der Waals surface area contributed by atoms with E-state index in [1.165, 1.54) is 11.0 Å². The van der Waals surface area contributed by atoms with Crippen LogP contribution in [-0.4, -0.2) is 41.8 Å². The molecule has 0 aliphatic carbocycles. The molecule has 1 aromatic carbocycles. The average molecular weight is 340 g/mol. The number of benzene rings is 1. The maximum Gasteiger partial charge on any atom is 0.319 e. The van der Waals surface area contributed by atoms with Crippen LogP contribution in [0.1, 0.15) is 18.9 Å². The zero-order chi connectivity index (χ0) is 17.6. The number of hydrogen-bond acceptors (Lipinski definition) is 5. The largest absolute Gasteiger partial charge is 0.335 e. The second kappa shape index (κ2) is 7.56. The third-order valence-electron chi connectivity index (χ3n) is 3.90. The van der Waals surface area contributed by atoms with Gasteiger partial charge in [0, 0.05) is 30.7 Å². The molecule has 130 valence electrons. The summed E-state index contributed by atoms with van der Waals surface area (Å²) in [7, 11) is 0. The molecule has 2 heterocycles. The Hall–Kier alpha value is -3.23. The van der Waals surface area contributed by atoms with E-state index < -0.39 is 0 Å². The Morgan fingerprint density at radius 1 is 1.32 bits per heavy atom. The second-order valence-electron chi connectivity index (χ2n) is 5.72. The number of imidazole rings is 1. The van der Waals surface area contributed by atoms with Crippen molar-refractivity contribution in [3.8, 4) is 5.69 Å². The number of nitrogens with zero attached hydrogens (tertiary/aromatic N) is 6. The number of nitrogens with one attached hydrogen (secondary N) is 2. The first-order valence-electron chi connectivity index (χ1n) is 8.03. The molecule has 2 N–H and O–H groups in total. The minimum absolute atomic E-state index is 0.0113. The maximum absolute atomic E-state index is 12.4. The van der Waals surface area contributed by atoms with E-state index in [0.717, 1.165) is 17.7 Å². The van der Waals surface area contributed by atoms with Crippen molar-refractivity contribution < 1.29 is 4.79 Å². The Morgan fingerprint density at radius 2 is 2.20 bits per heavy atom. The van der Waals surface area contributed by atoms with Crippen LogP contribution in [0.2, 0.25) is 0 Å². The van der Waals surface area contributed by atoms with Crippen molar-refractivity contribution in [2.45, 2.75) is 32.9 Å². The molecule has 2 aromatic heterocycles. The van der Waals surface area contributed by atoms with Gasteiger partial charge in [-0.25, -0.2) is 14.5 Å². The van der Waals surface area contributed by atoms with Gasteiger partial charge in [-0.2, -0.15) is 0 Å². The lowest BCUT2D eigenvalue weighted by molar-refractivity contribution is 0.246. The van der Waals surface area contributed by atoms with Gasteiger partial charge in [-0.15, -0.1) is 5.10 Å². The van der Waals surface area contributed by atoms with Crippen LogP contribution in [0.5, 0.6) is 0 Å². The molecule has 3 rings (SSSR count). The van der Waals surface area contributed by atoms with E-state index in [1.807, 2.05) is 42.8 Å². The number of aromatic nitrogens is 6. The minimum atomic E-state index is -0.246. The van der Waals surface area contributed by atoms with Gasteiger partial charge >= 0.3 is 6.03 Å². The highest BCUT2D eigenvalue weighted by molar-refractivity contribution is 5.90. The van der Waals surface area contributed by atoms with Crippen LogP contribution >= 0.6 is 0 Å². The van der Waals surface area contributed by atoms with Crippen LogP contribution in [0.3, 0.4) is 0 Å². The van der Waals surface area contributed by atoms with E-state index in [0.29, 0.717) is 12.2 Å². The predicted octanol–water partition coefficient (Wildman–Crippen LogP) is 1.77. The van der Waals surface area contributed by atoms with Gasteiger partial charge in [0.05, 0.1) is 12.0 Å². The molecule has 0 bridgehead atoms. The van der Waals surface area contributed by atoms with Crippen LogP contribution in [-0.2, 0) is 6.54 Å². The maximum atomic E-state index is 12.4. The van der Waals surface area contributed by atoms with Gasteiger partial charge in [0.25, 0.3) is 0 Å². The molecule has 0 unspecified atom stereocenters. The van der Waals surface area contributed by atoms with Gasteiger partial charge < -0.3 is 15.2 Å². The van der Waals surface area contributed by atoms with Crippen LogP contribution in [0.15, 0.2) is 43.2 Å². The number of carbonyl (C=O) groups is 1. The Kier molecular flexibility index (Phi) is 5.03. The highest BCUT2D eigenvalue weighted by Crippen LogP contribution is 2.18. The van der Waals surface area contributed by atoms with Crippen molar-refractivity contribution in [1.29, 1.82) is 0 Å². The minimum Gasteiger partial charge on any atom is -0.335 e. The summed E-state index contributed by atoms with van der Waals surface area (Å²) in [5.41, 5.74) is 2.44. The summed E-state index contributed by atoms with van der Waals surface area (Å²) >= 11 is 0. The van der Waals surface area contributed by atoms with Gasteiger partial charge in [-0.3, -0.25) is 0 Å². The van der Waals surface area contributed by atoms with Crippen molar-refractivity contribution in [2.24, 2.45) is 0 Å². The molecule has 2 amide bonds. The fraction of sp³-hybridized carbons (Fsp3) is 0.312. The normalized spacial score (nSPS) is 11.9. The van der Waals surface area contributed by atoms with Gasteiger partial charge in [0.15, 0.2) is 0 Å². The summed E-state index contributed by atoms with van der Waals surface area (Å²) < 4.78 is 3.48. The van der Waals surface area contributed by atoms with Gasteiger partial charge in [0.2, 0.25) is 0 Å². The molecule has 25 heavy (non-hydrogen) atoms. The molecule has 3 aromatic rings. The molecule has 0 aliphatic rings. The van der Waals surface area contributed by atoms with Crippen LogP contribution < -0.4 is 10.6 Å². The lowest BCUT2D eigenvalue weighted by Crippen LogP contribution is -2.40. The summed E-state index contributed by atoms with van der Waals surface area (Å²) in [6.07, 6.45) is 7.66. The van der Waals surface area contributed by atoms with Crippen molar-refractivity contribution in [2.75, 3.05) is 5.32 Å². The molecule has 9 nitrogen and oxygen atoms in total. The number of tetrazole rings is 1. The summed E-state index contributed by atoms with van der Waals surface area (Å²) in [5, 5.41) is 17.0. The van der Waals surface area contributed by atoms with Gasteiger partial charge in [-0.05, 0) is 41.5 Å². The molecule has 0 saturated heterocycles. The average Bonchev–Trinajstić information content (AvgIpc) is 3.29. The van der Waals surface area contributed by atoms with Crippen molar-refractivity contribution >= 4 is 11.7 Å². The predicted molar refractivity (Wildman–Crippen MR) is 92.4 cm³/mol. The number of aryl methyl sites for hydroxylation is 1.